The Morgan fingerprint density at radius 3 is 2.60 bits per heavy atom. The van der Waals surface area contributed by atoms with Crippen LogP contribution in [-0.2, 0) is 0 Å². The Kier molecular flexibility index (Phi) is 2.31. The highest BCUT2D eigenvalue weighted by atomic mass is 14.3. The molecule has 3 unspecified atom stereocenters. The summed E-state index contributed by atoms with van der Waals surface area (Å²) in [7, 11) is 0. The van der Waals surface area contributed by atoms with E-state index in [1.54, 1.807) is 0 Å². The molecular weight excluding hydrogens is 120 g/mol. The lowest BCUT2D eigenvalue weighted by atomic mass is 9.78. The smallest absolute Gasteiger partial charge is 0.0147 e. The average molecular weight is 136 g/mol. The van der Waals surface area contributed by atoms with Crippen LogP contribution in [0.4, 0.5) is 0 Å². The van der Waals surface area contributed by atoms with E-state index in [-0.39, 0.29) is 0 Å². The van der Waals surface area contributed by atoms with E-state index in [2.05, 4.69) is 38.7 Å². The van der Waals surface area contributed by atoms with Crippen LogP contribution < -0.4 is 0 Å². The second kappa shape index (κ2) is 3.05. The molecule has 0 bridgehead atoms. The molecule has 10 heavy (non-hydrogen) atoms. The lowest BCUT2D eigenvalue weighted by Crippen LogP contribution is -2.18. The van der Waals surface area contributed by atoms with Gasteiger partial charge >= 0.3 is 0 Å². The molecule has 0 heterocycles. The Balaban J connectivity index is 2.67. The molecule has 3 atom stereocenters. The molecule has 1 aliphatic rings. The highest BCUT2D eigenvalue weighted by Gasteiger charge is 2.20. The molecule has 0 N–H and O–H groups in total. The SMILES string of the molecule is C=CC1C(C)C=CCC1C. The molecule has 1 rings (SSSR count). The van der Waals surface area contributed by atoms with Gasteiger partial charge in [0.2, 0.25) is 0 Å². The van der Waals surface area contributed by atoms with E-state index in [9.17, 15) is 0 Å². The molecule has 0 heteroatoms. The third-order valence-corrected chi connectivity index (χ3v) is 2.48. The number of rotatable bonds is 1. The van der Waals surface area contributed by atoms with Gasteiger partial charge in [0.15, 0.2) is 0 Å². The maximum absolute atomic E-state index is 3.85. The van der Waals surface area contributed by atoms with E-state index in [0.717, 1.165) is 5.92 Å². The van der Waals surface area contributed by atoms with E-state index in [1.807, 2.05) is 0 Å². The third kappa shape index (κ3) is 1.31. The zero-order valence-corrected chi connectivity index (χ0v) is 6.88. The Bertz CT molecular complexity index is 144. The molecule has 0 aromatic carbocycles. The zero-order chi connectivity index (χ0) is 7.56. The first kappa shape index (κ1) is 7.59. The second-order valence-corrected chi connectivity index (χ2v) is 3.31. The van der Waals surface area contributed by atoms with Crippen molar-refractivity contribution in [3.63, 3.8) is 0 Å². The second-order valence-electron chi connectivity index (χ2n) is 3.31. The molecule has 0 radical (unpaired) electrons. The molecule has 0 fully saturated rings. The molecule has 56 valence electrons. The lowest BCUT2D eigenvalue weighted by molar-refractivity contribution is 0.344. The maximum atomic E-state index is 3.85. The van der Waals surface area contributed by atoms with E-state index in [4.69, 9.17) is 0 Å². The summed E-state index contributed by atoms with van der Waals surface area (Å²) >= 11 is 0. The Morgan fingerprint density at radius 1 is 1.50 bits per heavy atom. The Labute approximate surface area is 63.6 Å². The molecule has 0 nitrogen and oxygen atoms in total. The van der Waals surface area contributed by atoms with Crippen molar-refractivity contribution in [1.29, 1.82) is 0 Å². The van der Waals surface area contributed by atoms with Crippen molar-refractivity contribution < 1.29 is 0 Å². The molecule has 0 aromatic heterocycles. The maximum Gasteiger partial charge on any atom is -0.0147 e. The van der Waals surface area contributed by atoms with Crippen LogP contribution in [-0.4, -0.2) is 0 Å². The van der Waals surface area contributed by atoms with Crippen LogP contribution in [0.2, 0.25) is 0 Å². The molecule has 0 amide bonds. The number of hydrogen-bond donors (Lipinski definition) is 0. The first-order valence-electron chi connectivity index (χ1n) is 4.05. The molecule has 0 aromatic rings. The summed E-state index contributed by atoms with van der Waals surface area (Å²) in [5, 5.41) is 0. The highest BCUT2D eigenvalue weighted by Crippen LogP contribution is 2.30. The quantitative estimate of drug-likeness (QED) is 0.486. The van der Waals surface area contributed by atoms with Crippen LogP contribution in [0.3, 0.4) is 0 Å². The Hall–Kier alpha value is -0.520. The van der Waals surface area contributed by atoms with Gasteiger partial charge in [0.1, 0.15) is 0 Å². The van der Waals surface area contributed by atoms with Crippen molar-refractivity contribution in [2.24, 2.45) is 17.8 Å². The van der Waals surface area contributed by atoms with Gasteiger partial charge in [0, 0.05) is 0 Å². The minimum Gasteiger partial charge on any atom is -0.103 e. The van der Waals surface area contributed by atoms with Gasteiger partial charge < -0.3 is 0 Å². The third-order valence-electron chi connectivity index (χ3n) is 2.48. The van der Waals surface area contributed by atoms with Crippen molar-refractivity contribution in [1.82, 2.24) is 0 Å². The van der Waals surface area contributed by atoms with Gasteiger partial charge in [0.05, 0.1) is 0 Å². The summed E-state index contributed by atoms with van der Waals surface area (Å²) in [5.41, 5.74) is 0. The van der Waals surface area contributed by atoms with Gasteiger partial charge in [-0.25, -0.2) is 0 Å². The van der Waals surface area contributed by atoms with Crippen LogP contribution in [0, 0.1) is 17.8 Å². The zero-order valence-electron chi connectivity index (χ0n) is 6.88. The molecule has 0 saturated carbocycles. The van der Waals surface area contributed by atoms with Gasteiger partial charge in [-0.05, 0) is 24.2 Å². The normalized spacial score (nSPS) is 39.6. The van der Waals surface area contributed by atoms with Gasteiger partial charge in [-0.3, -0.25) is 0 Å². The van der Waals surface area contributed by atoms with Gasteiger partial charge in [0.25, 0.3) is 0 Å². The minimum absolute atomic E-state index is 0.696. The van der Waals surface area contributed by atoms with Crippen molar-refractivity contribution in [3.8, 4) is 0 Å². The summed E-state index contributed by atoms with van der Waals surface area (Å²) in [5.74, 6) is 2.18. The van der Waals surface area contributed by atoms with E-state index < -0.39 is 0 Å². The molecular formula is C10H16. The van der Waals surface area contributed by atoms with Crippen LogP contribution >= 0.6 is 0 Å². The fraction of sp³-hybridized carbons (Fsp3) is 0.600. The van der Waals surface area contributed by atoms with E-state index in [1.165, 1.54) is 6.42 Å². The van der Waals surface area contributed by atoms with Gasteiger partial charge in [-0.15, -0.1) is 6.58 Å². The van der Waals surface area contributed by atoms with Crippen LogP contribution in [0.25, 0.3) is 0 Å². The van der Waals surface area contributed by atoms with E-state index >= 15 is 0 Å². The van der Waals surface area contributed by atoms with Crippen molar-refractivity contribution in [2.75, 3.05) is 0 Å². The van der Waals surface area contributed by atoms with Crippen LogP contribution in [0.5, 0.6) is 0 Å². The molecule has 0 spiro atoms. The average Bonchev–Trinajstić information content (AvgIpc) is 1.88. The first-order valence-corrected chi connectivity index (χ1v) is 4.05. The summed E-state index contributed by atoms with van der Waals surface area (Å²) in [6.07, 6.45) is 7.90. The van der Waals surface area contributed by atoms with E-state index in [0.29, 0.717) is 11.8 Å². The minimum atomic E-state index is 0.696. The predicted octanol–water partition coefficient (Wildman–Crippen LogP) is 3.02. The molecule has 0 saturated heterocycles. The summed E-state index contributed by atoms with van der Waals surface area (Å²) in [6, 6.07) is 0. The van der Waals surface area contributed by atoms with Crippen LogP contribution in [0.15, 0.2) is 24.8 Å². The predicted molar refractivity (Wildman–Crippen MR) is 45.8 cm³/mol. The standard InChI is InChI=1S/C10H16/c1-4-10-8(2)6-5-7-9(10)3/h4-6,8-10H,1,7H2,2-3H3. The summed E-state index contributed by atoms with van der Waals surface area (Å²) < 4.78 is 0. The van der Waals surface area contributed by atoms with Crippen molar-refractivity contribution >= 4 is 0 Å². The topological polar surface area (TPSA) is 0 Å². The van der Waals surface area contributed by atoms with Crippen molar-refractivity contribution in [3.05, 3.63) is 24.8 Å². The van der Waals surface area contributed by atoms with Gasteiger partial charge in [-0.2, -0.15) is 0 Å². The van der Waals surface area contributed by atoms with Gasteiger partial charge in [-0.1, -0.05) is 32.1 Å². The summed E-state index contributed by atoms with van der Waals surface area (Å²) in [4.78, 5) is 0. The molecule has 1 aliphatic carbocycles. The number of hydrogen-bond acceptors (Lipinski definition) is 0. The fourth-order valence-electron chi connectivity index (χ4n) is 1.76. The summed E-state index contributed by atoms with van der Waals surface area (Å²) in [6.45, 7) is 8.41. The Morgan fingerprint density at radius 2 is 2.20 bits per heavy atom. The largest absolute Gasteiger partial charge is 0.103 e. The van der Waals surface area contributed by atoms with Crippen molar-refractivity contribution in [2.45, 2.75) is 20.3 Å². The fourth-order valence-corrected chi connectivity index (χ4v) is 1.76. The molecule has 0 aliphatic heterocycles. The highest BCUT2D eigenvalue weighted by molar-refractivity contribution is 5.02. The van der Waals surface area contributed by atoms with Crippen LogP contribution in [0.1, 0.15) is 20.3 Å². The first-order chi connectivity index (χ1) is 4.75. The number of allylic oxidation sites excluding steroid dienone is 3. The lowest BCUT2D eigenvalue weighted by Gasteiger charge is -2.27. The monoisotopic (exact) mass is 136 g/mol.